The Bertz CT molecular complexity index is 1100. The summed E-state index contributed by atoms with van der Waals surface area (Å²) < 4.78 is 7.04. The van der Waals surface area contributed by atoms with Gasteiger partial charge in [-0.25, -0.2) is 4.79 Å². The van der Waals surface area contributed by atoms with E-state index in [9.17, 15) is 9.59 Å². The minimum Gasteiger partial charge on any atom is -0.496 e. The van der Waals surface area contributed by atoms with Crippen LogP contribution in [0.3, 0.4) is 0 Å². The summed E-state index contributed by atoms with van der Waals surface area (Å²) in [5, 5.41) is 0. The van der Waals surface area contributed by atoms with E-state index >= 15 is 0 Å². The van der Waals surface area contributed by atoms with Crippen LogP contribution in [-0.2, 0) is 11.8 Å². The molecule has 0 saturated carbocycles. The number of carbonyl (C=O) groups excluding carboxylic acids is 1. The number of nitrogens with one attached hydrogen (secondary N) is 1. The summed E-state index contributed by atoms with van der Waals surface area (Å²) >= 11 is 0. The van der Waals surface area contributed by atoms with Crippen LogP contribution in [0.15, 0.2) is 46.9 Å². The van der Waals surface area contributed by atoms with Crippen LogP contribution in [0, 0.1) is 0 Å². The molecule has 3 rings (SSSR count). The molecule has 0 amide bonds. The minimum atomic E-state index is -0.230. The van der Waals surface area contributed by atoms with Crippen molar-refractivity contribution in [1.29, 1.82) is 0 Å². The number of aromatic amines is 1. The van der Waals surface area contributed by atoms with E-state index in [1.807, 2.05) is 30.3 Å². The van der Waals surface area contributed by atoms with Gasteiger partial charge >= 0.3 is 5.69 Å². The van der Waals surface area contributed by atoms with Crippen molar-refractivity contribution in [2.45, 2.75) is 13.8 Å². The van der Waals surface area contributed by atoms with Gasteiger partial charge in [-0.15, -0.1) is 0 Å². The maximum atomic E-state index is 12.2. The Balaban J connectivity index is 2.46. The summed E-state index contributed by atoms with van der Waals surface area (Å²) in [4.78, 5) is 27.2. The van der Waals surface area contributed by atoms with E-state index in [2.05, 4.69) is 4.98 Å². The smallest absolute Gasteiger partial charge is 0.326 e. The lowest BCUT2D eigenvalue weighted by molar-refractivity contribution is -0.111. The lowest BCUT2D eigenvalue weighted by atomic mass is 9.94. The van der Waals surface area contributed by atoms with Gasteiger partial charge in [-0.2, -0.15) is 0 Å². The van der Waals surface area contributed by atoms with Crippen molar-refractivity contribution in [2.24, 2.45) is 12.8 Å². The number of aryl methyl sites for hydroxylation is 1. The van der Waals surface area contributed by atoms with Crippen molar-refractivity contribution in [2.75, 3.05) is 7.11 Å². The molecule has 6 nitrogen and oxygen atoms in total. The van der Waals surface area contributed by atoms with E-state index < -0.39 is 0 Å². The highest BCUT2D eigenvalue weighted by atomic mass is 16.5. The number of ether oxygens (including phenoxy) is 1. The van der Waals surface area contributed by atoms with Gasteiger partial charge in [0.15, 0.2) is 5.78 Å². The molecule has 134 valence electrons. The van der Waals surface area contributed by atoms with Crippen LogP contribution in [0.4, 0.5) is 0 Å². The highest BCUT2D eigenvalue weighted by Gasteiger charge is 2.18. The van der Waals surface area contributed by atoms with E-state index in [0.717, 1.165) is 16.6 Å². The second-order valence-electron chi connectivity index (χ2n) is 6.22. The van der Waals surface area contributed by atoms with Gasteiger partial charge in [0, 0.05) is 29.4 Å². The number of imidazole rings is 1. The van der Waals surface area contributed by atoms with E-state index in [0.29, 0.717) is 28.1 Å². The summed E-state index contributed by atoms with van der Waals surface area (Å²) in [6, 6.07) is 11.2. The number of aromatic nitrogens is 2. The van der Waals surface area contributed by atoms with E-state index in [1.54, 1.807) is 31.7 Å². The quantitative estimate of drug-likeness (QED) is 0.707. The molecule has 0 radical (unpaired) electrons. The van der Waals surface area contributed by atoms with E-state index in [1.165, 1.54) is 6.92 Å². The third kappa shape index (κ3) is 2.79. The molecule has 2 aromatic carbocycles. The number of hydrogen-bond donors (Lipinski definition) is 2. The second-order valence-corrected chi connectivity index (χ2v) is 6.22. The summed E-state index contributed by atoms with van der Waals surface area (Å²) in [5.74, 6) is 0.547. The highest BCUT2D eigenvalue weighted by molar-refractivity contribution is 6.21. The molecule has 0 aliphatic carbocycles. The van der Waals surface area contributed by atoms with Crippen molar-refractivity contribution in [3.8, 4) is 16.9 Å². The fourth-order valence-corrected chi connectivity index (χ4v) is 3.32. The number of H-pyrrole nitrogens is 1. The fraction of sp³-hybridized carbons (Fsp3) is 0.200. The predicted octanol–water partition coefficient (Wildman–Crippen LogP) is 2.82. The predicted molar refractivity (Wildman–Crippen MR) is 103 cm³/mol. The van der Waals surface area contributed by atoms with Crippen molar-refractivity contribution in [1.82, 2.24) is 9.55 Å². The van der Waals surface area contributed by atoms with Crippen molar-refractivity contribution in [3.63, 3.8) is 0 Å². The summed E-state index contributed by atoms with van der Waals surface area (Å²) in [5.41, 5.74) is 10.2. The Morgan fingerprint density at radius 2 is 1.85 bits per heavy atom. The highest BCUT2D eigenvalue weighted by Crippen LogP contribution is 2.36. The number of methoxy groups -OCH3 is 1. The molecule has 0 aliphatic rings. The number of para-hydroxylation sites is 1. The van der Waals surface area contributed by atoms with Gasteiger partial charge in [0.05, 0.1) is 18.1 Å². The Morgan fingerprint density at radius 1 is 1.15 bits per heavy atom. The number of nitrogens with two attached hydrogens (primary N) is 1. The van der Waals surface area contributed by atoms with Crippen molar-refractivity contribution >= 4 is 22.4 Å². The first kappa shape index (κ1) is 17.5. The average molecular weight is 351 g/mol. The molecule has 0 spiro atoms. The topological polar surface area (TPSA) is 90.1 Å². The van der Waals surface area contributed by atoms with Crippen LogP contribution in [0.1, 0.15) is 19.4 Å². The van der Waals surface area contributed by atoms with Crippen LogP contribution >= 0.6 is 0 Å². The van der Waals surface area contributed by atoms with Gasteiger partial charge in [0.25, 0.3) is 0 Å². The monoisotopic (exact) mass is 351 g/mol. The van der Waals surface area contributed by atoms with E-state index in [-0.39, 0.29) is 11.5 Å². The lowest BCUT2D eigenvalue weighted by Gasteiger charge is -2.14. The molecule has 3 aromatic rings. The maximum Gasteiger partial charge on any atom is 0.326 e. The first-order chi connectivity index (χ1) is 12.3. The molecule has 0 unspecified atom stereocenters. The number of carbonyl (C=O) groups is 1. The molecule has 0 saturated heterocycles. The number of benzene rings is 2. The molecule has 0 bridgehead atoms. The Hall–Kier alpha value is -3.28. The van der Waals surface area contributed by atoms with Crippen LogP contribution in [-0.4, -0.2) is 22.4 Å². The molecule has 6 heteroatoms. The normalized spacial score (nSPS) is 12.2. The van der Waals surface area contributed by atoms with Crippen LogP contribution in [0.2, 0.25) is 0 Å². The zero-order valence-electron chi connectivity index (χ0n) is 15.2. The summed E-state index contributed by atoms with van der Waals surface area (Å²) in [6.07, 6.45) is 0. The van der Waals surface area contributed by atoms with Crippen LogP contribution < -0.4 is 16.2 Å². The lowest BCUT2D eigenvalue weighted by Crippen LogP contribution is -2.12. The molecular formula is C20H21N3O3. The largest absolute Gasteiger partial charge is 0.496 e. The number of nitrogens with zero attached hydrogens (tertiary/aromatic N) is 1. The zero-order valence-corrected chi connectivity index (χ0v) is 15.2. The summed E-state index contributed by atoms with van der Waals surface area (Å²) in [7, 11) is 3.30. The number of rotatable bonds is 4. The molecule has 0 atom stereocenters. The van der Waals surface area contributed by atoms with Gasteiger partial charge in [0.1, 0.15) is 5.75 Å². The Labute approximate surface area is 150 Å². The SMILES string of the molecule is COc1ccccc1-c1cc(/C(C(C)=O)=C(\C)N)cc2[nH]c(=O)n(C)c12. The first-order valence-electron chi connectivity index (χ1n) is 8.19. The number of ketones is 1. The molecule has 0 aliphatic heterocycles. The van der Waals surface area contributed by atoms with E-state index in [4.69, 9.17) is 10.5 Å². The number of Topliss-reactive ketones (excluding diaryl/α,β-unsaturated/α-hetero) is 1. The van der Waals surface area contributed by atoms with Gasteiger partial charge < -0.3 is 15.5 Å². The Morgan fingerprint density at radius 3 is 2.46 bits per heavy atom. The molecule has 0 fully saturated rings. The number of hydrogen-bond acceptors (Lipinski definition) is 4. The van der Waals surface area contributed by atoms with Crippen molar-refractivity contribution in [3.05, 3.63) is 58.1 Å². The first-order valence-corrected chi connectivity index (χ1v) is 8.19. The van der Waals surface area contributed by atoms with Gasteiger partial charge in [-0.05, 0) is 37.6 Å². The maximum absolute atomic E-state index is 12.2. The fourth-order valence-electron chi connectivity index (χ4n) is 3.32. The molecular weight excluding hydrogens is 330 g/mol. The Kier molecular flexibility index (Phi) is 4.42. The molecule has 26 heavy (non-hydrogen) atoms. The molecule has 1 heterocycles. The third-order valence-electron chi connectivity index (χ3n) is 4.42. The molecule has 3 N–H and O–H groups in total. The number of allylic oxidation sites excluding steroid dienone is 2. The second kappa shape index (κ2) is 6.55. The van der Waals surface area contributed by atoms with Crippen LogP contribution in [0.5, 0.6) is 5.75 Å². The van der Waals surface area contributed by atoms with Gasteiger partial charge in [-0.1, -0.05) is 18.2 Å². The van der Waals surface area contributed by atoms with Crippen LogP contribution in [0.25, 0.3) is 27.7 Å². The summed E-state index contributed by atoms with van der Waals surface area (Å²) in [6.45, 7) is 3.17. The zero-order chi connectivity index (χ0) is 19.0. The minimum absolute atomic E-state index is 0.131. The standard InChI is InChI=1S/C20H21N3O3/c1-11(21)18(12(2)24)13-9-15(14-7-5-6-8-17(14)26-4)19-16(10-13)22-20(25)23(19)3/h5-10H,21H2,1-4H3,(H,22,25)/b18-11+. The number of fused-ring (bicyclic) bond motifs is 1. The van der Waals surface area contributed by atoms with Gasteiger partial charge in [-0.3, -0.25) is 9.36 Å². The van der Waals surface area contributed by atoms with Gasteiger partial charge in [0.2, 0.25) is 0 Å². The average Bonchev–Trinajstić information content (AvgIpc) is 2.88. The van der Waals surface area contributed by atoms with Crippen molar-refractivity contribution < 1.29 is 9.53 Å². The third-order valence-corrected chi connectivity index (χ3v) is 4.42. The molecule has 1 aromatic heterocycles.